The van der Waals surface area contributed by atoms with Crippen molar-refractivity contribution in [3.63, 3.8) is 0 Å². The molecule has 7 heteroatoms. The fourth-order valence-electron chi connectivity index (χ4n) is 3.10. The zero-order valence-electron chi connectivity index (χ0n) is 16.7. The lowest BCUT2D eigenvalue weighted by atomic mass is 10.1. The number of benzene rings is 2. The number of aryl methyl sites for hydroxylation is 1. The molecule has 2 aromatic carbocycles. The zero-order chi connectivity index (χ0) is 20.4. The van der Waals surface area contributed by atoms with Crippen LogP contribution in [0.4, 0.5) is 0 Å². The van der Waals surface area contributed by atoms with E-state index >= 15 is 0 Å². The molecule has 6 nitrogen and oxygen atoms in total. The molecule has 0 fully saturated rings. The molecule has 29 heavy (non-hydrogen) atoms. The van der Waals surface area contributed by atoms with Gasteiger partial charge >= 0.3 is 0 Å². The van der Waals surface area contributed by atoms with Crippen molar-refractivity contribution in [1.29, 1.82) is 0 Å². The third-order valence-corrected chi connectivity index (χ3v) is 5.81. The molecular formula is C22H23N5OS. The smallest absolute Gasteiger partial charge is 0.230 e. The Kier molecular flexibility index (Phi) is 5.49. The number of amides is 1. The van der Waals surface area contributed by atoms with E-state index in [0.29, 0.717) is 5.16 Å². The fourth-order valence-corrected chi connectivity index (χ4v) is 3.84. The number of nitrogens with one attached hydrogen (secondary N) is 1. The monoisotopic (exact) mass is 405 g/mol. The predicted molar refractivity (Wildman–Crippen MR) is 117 cm³/mol. The molecule has 4 aromatic rings. The Morgan fingerprint density at radius 3 is 2.66 bits per heavy atom. The van der Waals surface area contributed by atoms with Gasteiger partial charge in [0, 0.05) is 17.0 Å². The van der Waals surface area contributed by atoms with Gasteiger partial charge in [-0.05, 0) is 32.4 Å². The summed E-state index contributed by atoms with van der Waals surface area (Å²) in [5.41, 5.74) is 3.79. The normalized spacial score (nSPS) is 12.4. The van der Waals surface area contributed by atoms with Crippen LogP contribution in [-0.4, -0.2) is 37.3 Å². The highest BCUT2D eigenvalue weighted by Gasteiger charge is 2.17. The Morgan fingerprint density at radius 1 is 1.14 bits per heavy atom. The van der Waals surface area contributed by atoms with Crippen molar-refractivity contribution in [2.75, 3.05) is 5.75 Å². The van der Waals surface area contributed by atoms with Gasteiger partial charge in [-0.2, -0.15) is 0 Å². The molecule has 148 valence electrons. The van der Waals surface area contributed by atoms with E-state index in [4.69, 9.17) is 4.98 Å². The van der Waals surface area contributed by atoms with Crippen molar-refractivity contribution in [2.24, 2.45) is 0 Å². The van der Waals surface area contributed by atoms with Gasteiger partial charge in [-0.1, -0.05) is 60.6 Å². The zero-order valence-corrected chi connectivity index (χ0v) is 17.5. The van der Waals surface area contributed by atoms with E-state index in [1.165, 1.54) is 17.3 Å². The van der Waals surface area contributed by atoms with Crippen LogP contribution in [0.3, 0.4) is 0 Å². The van der Waals surface area contributed by atoms with Crippen LogP contribution in [0.1, 0.15) is 25.8 Å². The maximum Gasteiger partial charge on any atom is 0.230 e. The summed E-state index contributed by atoms with van der Waals surface area (Å²) in [6, 6.07) is 16.3. The Bertz CT molecular complexity index is 1170. The second-order valence-electron chi connectivity index (χ2n) is 7.13. The second-order valence-corrected chi connectivity index (χ2v) is 8.07. The molecule has 1 amide bonds. The van der Waals surface area contributed by atoms with Crippen molar-refractivity contribution in [1.82, 2.24) is 24.9 Å². The largest absolute Gasteiger partial charge is 0.353 e. The summed E-state index contributed by atoms with van der Waals surface area (Å²) in [6.07, 6.45) is 0.901. The van der Waals surface area contributed by atoms with E-state index in [1.54, 1.807) is 0 Å². The molecule has 2 aromatic heterocycles. The summed E-state index contributed by atoms with van der Waals surface area (Å²) in [4.78, 5) is 17.1. The molecule has 0 spiro atoms. The number of fused-ring (bicyclic) bond motifs is 3. The van der Waals surface area contributed by atoms with E-state index < -0.39 is 0 Å². The number of thioether (sulfide) groups is 1. The summed E-state index contributed by atoms with van der Waals surface area (Å²) in [5, 5.41) is 13.4. The summed E-state index contributed by atoms with van der Waals surface area (Å²) in [6.45, 7) is 6.11. The maximum absolute atomic E-state index is 12.2. The van der Waals surface area contributed by atoms with E-state index in [-0.39, 0.29) is 17.7 Å². The highest BCUT2D eigenvalue weighted by molar-refractivity contribution is 7.99. The van der Waals surface area contributed by atoms with Crippen molar-refractivity contribution >= 4 is 34.2 Å². The number of carbonyl (C=O) groups excluding carboxylic acids is 1. The van der Waals surface area contributed by atoms with Crippen LogP contribution < -0.4 is 5.32 Å². The number of aromatic nitrogens is 4. The van der Waals surface area contributed by atoms with Gasteiger partial charge in [0.05, 0.1) is 11.3 Å². The molecule has 0 radical (unpaired) electrons. The van der Waals surface area contributed by atoms with Crippen LogP contribution in [0.2, 0.25) is 0 Å². The van der Waals surface area contributed by atoms with Crippen LogP contribution in [-0.2, 0) is 4.79 Å². The van der Waals surface area contributed by atoms with Gasteiger partial charge in [0.15, 0.2) is 10.8 Å². The van der Waals surface area contributed by atoms with Crippen molar-refractivity contribution in [3.05, 3.63) is 54.1 Å². The van der Waals surface area contributed by atoms with E-state index in [2.05, 4.69) is 53.6 Å². The maximum atomic E-state index is 12.2. The third kappa shape index (κ3) is 3.96. The Hall–Kier alpha value is -2.93. The molecule has 0 aliphatic heterocycles. The lowest BCUT2D eigenvalue weighted by Crippen LogP contribution is -2.33. The minimum Gasteiger partial charge on any atom is -0.353 e. The van der Waals surface area contributed by atoms with E-state index in [1.807, 2.05) is 35.6 Å². The summed E-state index contributed by atoms with van der Waals surface area (Å²) in [5.74, 6) is 1.05. The first-order valence-corrected chi connectivity index (χ1v) is 10.7. The van der Waals surface area contributed by atoms with Crippen LogP contribution in [0.25, 0.3) is 27.9 Å². The number of para-hydroxylation sites is 1. The number of hydrogen-bond acceptors (Lipinski definition) is 5. The molecule has 0 saturated carbocycles. The van der Waals surface area contributed by atoms with Crippen molar-refractivity contribution in [2.45, 2.75) is 38.4 Å². The molecule has 0 aliphatic carbocycles. The van der Waals surface area contributed by atoms with Gasteiger partial charge in [-0.25, -0.2) is 4.98 Å². The Morgan fingerprint density at radius 2 is 1.90 bits per heavy atom. The van der Waals surface area contributed by atoms with Crippen LogP contribution in [0.15, 0.2) is 53.7 Å². The standard InChI is InChI=1S/C22H23N5OS/c1-4-15(3)23-19(28)13-29-22-26-25-21-17-7-5-6-8-18(17)24-20(27(21)22)16-11-9-14(2)10-12-16/h5-12,15H,4,13H2,1-3H3,(H,23,28). The van der Waals surface area contributed by atoms with Crippen LogP contribution in [0.5, 0.6) is 0 Å². The molecule has 2 heterocycles. The molecular weight excluding hydrogens is 382 g/mol. The minimum absolute atomic E-state index is 0.00765. The molecule has 4 rings (SSSR count). The van der Waals surface area contributed by atoms with Crippen molar-refractivity contribution in [3.8, 4) is 11.4 Å². The van der Waals surface area contributed by atoms with Gasteiger partial charge in [0.25, 0.3) is 0 Å². The summed E-state index contributed by atoms with van der Waals surface area (Å²) < 4.78 is 1.95. The van der Waals surface area contributed by atoms with Gasteiger partial charge in [0.1, 0.15) is 5.82 Å². The lowest BCUT2D eigenvalue weighted by molar-refractivity contribution is -0.119. The number of carbonyl (C=O) groups is 1. The van der Waals surface area contributed by atoms with Crippen molar-refractivity contribution < 1.29 is 4.79 Å². The predicted octanol–water partition coefficient (Wildman–Crippen LogP) is 4.26. The quantitative estimate of drug-likeness (QED) is 0.485. The first kappa shape index (κ1) is 19.4. The van der Waals surface area contributed by atoms with Crippen LogP contribution >= 0.6 is 11.8 Å². The average molecular weight is 406 g/mol. The molecule has 1 unspecified atom stereocenters. The highest BCUT2D eigenvalue weighted by Crippen LogP contribution is 2.29. The molecule has 0 bridgehead atoms. The molecule has 0 aliphatic rings. The van der Waals surface area contributed by atoms with E-state index in [0.717, 1.165) is 34.4 Å². The first-order valence-electron chi connectivity index (χ1n) is 9.70. The summed E-state index contributed by atoms with van der Waals surface area (Å²) in [7, 11) is 0. The minimum atomic E-state index is -0.00765. The van der Waals surface area contributed by atoms with Gasteiger partial charge in [-0.15, -0.1) is 10.2 Å². The van der Waals surface area contributed by atoms with Crippen LogP contribution in [0, 0.1) is 6.92 Å². The molecule has 0 saturated heterocycles. The fraction of sp³-hybridized carbons (Fsp3) is 0.273. The topological polar surface area (TPSA) is 72.2 Å². The van der Waals surface area contributed by atoms with Gasteiger partial charge in [0.2, 0.25) is 5.91 Å². The molecule has 1 N–H and O–H groups in total. The lowest BCUT2D eigenvalue weighted by Gasteiger charge is -2.11. The highest BCUT2D eigenvalue weighted by atomic mass is 32.2. The Labute approximate surface area is 173 Å². The summed E-state index contributed by atoms with van der Waals surface area (Å²) >= 11 is 1.38. The molecule has 1 atom stereocenters. The first-order chi connectivity index (χ1) is 14.1. The van der Waals surface area contributed by atoms with Gasteiger partial charge in [-0.3, -0.25) is 9.20 Å². The second kappa shape index (κ2) is 8.21. The third-order valence-electron chi connectivity index (χ3n) is 4.88. The number of rotatable bonds is 6. The number of hydrogen-bond donors (Lipinski definition) is 1. The SMILES string of the molecule is CCC(C)NC(=O)CSc1nnc2c3ccccc3nc(-c3ccc(C)cc3)n12. The Balaban J connectivity index is 1.79. The number of nitrogens with zero attached hydrogens (tertiary/aromatic N) is 4. The van der Waals surface area contributed by atoms with Gasteiger partial charge < -0.3 is 5.32 Å². The van der Waals surface area contributed by atoms with E-state index in [9.17, 15) is 4.79 Å². The average Bonchev–Trinajstić information content (AvgIpc) is 3.16.